The zero-order valence-corrected chi connectivity index (χ0v) is 13.0. The molecule has 0 aliphatic heterocycles. The van der Waals surface area contributed by atoms with Gasteiger partial charge in [-0.3, -0.25) is 5.41 Å². The van der Waals surface area contributed by atoms with Crippen molar-refractivity contribution in [3.8, 4) is 0 Å². The quantitative estimate of drug-likeness (QED) is 0.455. The van der Waals surface area contributed by atoms with E-state index in [1.54, 1.807) is 23.1 Å². The number of aryl methyl sites for hydroxylation is 2. The van der Waals surface area contributed by atoms with Gasteiger partial charge in [-0.1, -0.05) is 6.07 Å². The number of benzene rings is 1. The maximum Gasteiger partial charge on any atom is 0.133 e. The minimum absolute atomic E-state index is 0.132. The molecule has 2 aromatic rings. The van der Waals surface area contributed by atoms with E-state index in [9.17, 15) is 0 Å². The van der Waals surface area contributed by atoms with E-state index < -0.39 is 0 Å². The summed E-state index contributed by atoms with van der Waals surface area (Å²) in [6, 6.07) is 8.57. The van der Waals surface area contributed by atoms with Gasteiger partial charge in [-0.2, -0.15) is 0 Å². The van der Waals surface area contributed by atoms with Crippen LogP contribution in [0.25, 0.3) is 0 Å². The lowest BCUT2D eigenvalue weighted by molar-refractivity contribution is 0.912. The Morgan fingerprint density at radius 3 is 2.85 bits per heavy atom. The van der Waals surface area contributed by atoms with Crippen molar-refractivity contribution in [2.75, 3.05) is 11.6 Å². The lowest BCUT2D eigenvalue weighted by Crippen LogP contribution is -2.08. The number of nitrogen functional groups attached to an aromatic ring is 1. The maximum absolute atomic E-state index is 7.55. The highest BCUT2D eigenvalue weighted by Crippen LogP contribution is 2.37. The fourth-order valence-corrected chi connectivity index (χ4v) is 4.19. The van der Waals surface area contributed by atoms with E-state index in [-0.39, 0.29) is 5.84 Å². The zero-order chi connectivity index (χ0) is 14.1. The van der Waals surface area contributed by atoms with Crippen molar-refractivity contribution in [1.82, 2.24) is 0 Å². The molecule has 0 amide bonds. The Labute approximate surface area is 127 Å². The van der Waals surface area contributed by atoms with E-state index >= 15 is 0 Å². The number of rotatable bonds is 4. The van der Waals surface area contributed by atoms with Gasteiger partial charge in [0.25, 0.3) is 0 Å². The number of anilines is 2. The maximum atomic E-state index is 7.55. The summed E-state index contributed by atoms with van der Waals surface area (Å²) in [5.74, 6) is 0.132. The van der Waals surface area contributed by atoms with Gasteiger partial charge in [0.2, 0.25) is 0 Å². The van der Waals surface area contributed by atoms with E-state index in [1.807, 2.05) is 12.3 Å². The molecule has 0 atom stereocenters. The monoisotopic (exact) mass is 303 g/mol. The highest BCUT2D eigenvalue weighted by atomic mass is 32.2. The van der Waals surface area contributed by atoms with Crippen LogP contribution < -0.4 is 11.1 Å². The van der Waals surface area contributed by atoms with Gasteiger partial charge in [-0.05, 0) is 54.8 Å². The number of fused-ring (bicyclic) bond motifs is 1. The molecule has 1 aliphatic carbocycles. The number of nitrogens with one attached hydrogen (secondary N) is 2. The van der Waals surface area contributed by atoms with Gasteiger partial charge in [0.1, 0.15) is 5.84 Å². The molecule has 0 radical (unpaired) electrons. The van der Waals surface area contributed by atoms with Crippen LogP contribution in [0.15, 0.2) is 28.5 Å². The van der Waals surface area contributed by atoms with Crippen LogP contribution in [-0.2, 0) is 12.8 Å². The van der Waals surface area contributed by atoms with Crippen molar-refractivity contribution in [3.63, 3.8) is 0 Å². The smallest absolute Gasteiger partial charge is 0.133 e. The second-order valence-electron chi connectivity index (χ2n) is 4.89. The second-order valence-corrected chi connectivity index (χ2v) is 7.02. The van der Waals surface area contributed by atoms with Gasteiger partial charge in [-0.25, -0.2) is 0 Å². The standard InChI is InChI=1S/C15H17N3S2/c1-19-15-12(8-13(20-15)14(16)17)18-11-6-5-9-3-2-4-10(9)7-11/h5-8,18H,2-4H2,1H3,(H3,16,17). The van der Waals surface area contributed by atoms with Gasteiger partial charge >= 0.3 is 0 Å². The summed E-state index contributed by atoms with van der Waals surface area (Å²) in [6.45, 7) is 0. The average molecular weight is 303 g/mol. The predicted molar refractivity (Wildman–Crippen MR) is 88.9 cm³/mol. The minimum Gasteiger partial charge on any atom is -0.383 e. The molecule has 4 N–H and O–H groups in total. The van der Waals surface area contributed by atoms with Crippen molar-refractivity contribution in [2.24, 2.45) is 5.73 Å². The molecule has 0 bridgehead atoms. The van der Waals surface area contributed by atoms with Crippen LogP contribution in [0.4, 0.5) is 11.4 Å². The fourth-order valence-electron chi connectivity index (χ4n) is 2.55. The number of hydrogen-bond acceptors (Lipinski definition) is 4. The van der Waals surface area contributed by atoms with Crippen LogP contribution in [0.3, 0.4) is 0 Å². The van der Waals surface area contributed by atoms with E-state index in [0.29, 0.717) is 0 Å². The molecule has 0 spiro atoms. The topological polar surface area (TPSA) is 61.9 Å². The van der Waals surface area contributed by atoms with Gasteiger partial charge in [0, 0.05) is 5.69 Å². The third-order valence-corrected chi connectivity index (χ3v) is 5.83. The highest BCUT2D eigenvalue weighted by Gasteiger charge is 2.13. The van der Waals surface area contributed by atoms with Crippen LogP contribution in [0.2, 0.25) is 0 Å². The molecule has 3 rings (SSSR count). The Kier molecular flexibility index (Phi) is 3.72. The first-order valence-electron chi connectivity index (χ1n) is 6.58. The van der Waals surface area contributed by atoms with E-state index in [4.69, 9.17) is 11.1 Å². The molecule has 0 saturated carbocycles. The Morgan fingerprint density at radius 1 is 1.30 bits per heavy atom. The number of thiophene rings is 1. The van der Waals surface area contributed by atoms with Gasteiger partial charge in [-0.15, -0.1) is 23.1 Å². The van der Waals surface area contributed by atoms with Crippen molar-refractivity contribution in [2.45, 2.75) is 23.5 Å². The predicted octanol–water partition coefficient (Wildman–Crippen LogP) is 3.99. The molecule has 3 nitrogen and oxygen atoms in total. The molecular weight excluding hydrogens is 286 g/mol. The number of amidine groups is 1. The Hall–Kier alpha value is -1.46. The first-order valence-corrected chi connectivity index (χ1v) is 8.62. The van der Waals surface area contributed by atoms with Crippen LogP contribution in [0.5, 0.6) is 0 Å². The lowest BCUT2D eigenvalue weighted by Gasteiger charge is -2.08. The summed E-state index contributed by atoms with van der Waals surface area (Å²) in [4.78, 5) is 0.818. The summed E-state index contributed by atoms with van der Waals surface area (Å²) in [5, 5.41) is 11.0. The summed E-state index contributed by atoms with van der Waals surface area (Å²) >= 11 is 3.25. The molecule has 20 heavy (non-hydrogen) atoms. The number of thioether (sulfide) groups is 1. The first-order chi connectivity index (χ1) is 9.67. The van der Waals surface area contributed by atoms with Gasteiger partial charge in [0.05, 0.1) is 14.8 Å². The number of hydrogen-bond donors (Lipinski definition) is 3. The van der Waals surface area contributed by atoms with E-state index in [0.717, 1.165) is 20.5 Å². The van der Waals surface area contributed by atoms with Crippen LogP contribution in [0, 0.1) is 5.41 Å². The Balaban J connectivity index is 1.89. The zero-order valence-electron chi connectivity index (χ0n) is 11.3. The summed E-state index contributed by atoms with van der Waals surface area (Å²) in [7, 11) is 0. The molecule has 1 aromatic heterocycles. The molecule has 1 heterocycles. The van der Waals surface area contributed by atoms with Crippen molar-refractivity contribution >= 4 is 40.3 Å². The van der Waals surface area contributed by atoms with Crippen LogP contribution in [0.1, 0.15) is 22.4 Å². The molecule has 0 fully saturated rings. The SMILES string of the molecule is CSc1sc(C(=N)N)cc1Nc1ccc2c(c1)CCC2. The highest BCUT2D eigenvalue weighted by molar-refractivity contribution is 8.00. The Morgan fingerprint density at radius 2 is 2.10 bits per heavy atom. The molecular formula is C15H17N3S2. The molecule has 0 saturated heterocycles. The van der Waals surface area contributed by atoms with Gasteiger partial charge < -0.3 is 11.1 Å². The molecule has 5 heteroatoms. The Bertz CT molecular complexity index is 661. The second kappa shape index (κ2) is 5.50. The summed E-state index contributed by atoms with van der Waals surface area (Å²) in [6.07, 6.45) is 5.70. The molecule has 1 aromatic carbocycles. The molecule has 104 valence electrons. The van der Waals surface area contributed by atoms with Crippen LogP contribution in [-0.4, -0.2) is 12.1 Å². The van der Waals surface area contributed by atoms with Crippen molar-refractivity contribution in [1.29, 1.82) is 5.41 Å². The van der Waals surface area contributed by atoms with Crippen LogP contribution >= 0.6 is 23.1 Å². The largest absolute Gasteiger partial charge is 0.383 e. The molecule has 0 unspecified atom stereocenters. The van der Waals surface area contributed by atoms with E-state index in [1.165, 1.54) is 30.4 Å². The minimum atomic E-state index is 0.132. The van der Waals surface area contributed by atoms with Crippen molar-refractivity contribution in [3.05, 3.63) is 40.3 Å². The van der Waals surface area contributed by atoms with Crippen molar-refractivity contribution < 1.29 is 0 Å². The van der Waals surface area contributed by atoms with E-state index in [2.05, 4.69) is 23.5 Å². The molecule has 1 aliphatic rings. The third-order valence-electron chi connectivity index (χ3n) is 3.53. The average Bonchev–Trinajstić information content (AvgIpc) is 3.04. The lowest BCUT2D eigenvalue weighted by atomic mass is 10.1. The van der Waals surface area contributed by atoms with Gasteiger partial charge in [0.15, 0.2) is 0 Å². The summed E-state index contributed by atoms with van der Waals surface area (Å²) in [5.41, 5.74) is 10.7. The normalized spacial score (nSPS) is 13.2. The summed E-state index contributed by atoms with van der Waals surface area (Å²) < 4.78 is 1.16. The fraction of sp³-hybridized carbons (Fsp3) is 0.267. The third kappa shape index (κ3) is 2.55. The number of nitrogens with two attached hydrogens (primary N) is 1. The first kappa shape index (κ1) is 13.5.